The van der Waals surface area contributed by atoms with Crippen LogP contribution in [0.5, 0.6) is 0 Å². The molecule has 4 heterocycles. The molecule has 0 saturated carbocycles. The van der Waals surface area contributed by atoms with E-state index in [0.717, 1.165) is 47.3 Å². The number of likely N-dealkylation sites (tertiary alicyclic amines) is 1. The predicted molar refractivity (Wildman–Crippen MR) is 110 cm³/mol. The molecule has 0 aromatic carbocycles. The van der Waals surface area contributed by atoms with Gasteiger partial charge in [-0.15, -0.1) is 11.3 Å². The first kappa shape index (κ1) is 19.2. The van der Waals surface area contributed by atoms with Crippen LogP contribution >= 0.6 is 11.3 Å². The predicted octanol–water partition coefficient (Wildman–Crippen LogP) is 4.27. The number of pyridine rings is 1. The number of nitrogens with zero attached hydrogens (tertiary/aromatic N) is 4. The van der Waals surface area contributed by atoms with Crippen LogP contribution in [0, 0.1) is 6.92 Å². The van der Waals surface area contributed by atoms with Gasteiger partial charge in [0.2, 0.25) is 5.95 Å². The average molecular weight is 384 g/mol. The smallest absolute Gasteiger partial charge is 0.274 e. The number of carbonyl (C=O) groups is 1. The van der Waals surface area contributed by atoms with Crippen LogP contribution < -0.4 is 5.32 Å². The van der Waals surface area contributed by atoms with Crippen molar-refractivity contribution in [3.05, 3.63) is 46.7 Å². The lowest BCUT2D eigenvalue weighted by molar-refractivity contribution is 0.0789. The highest BCUT2D eigenvalue weighted by molar-refractivity contribution is 7.17. The minimum atomic E-state index is 0.00706. The highest BCUT2D eigenvalue weighted by Crippen LogP contribution is 2.26. The van der Waals surface area contributed by atoms with E-state index in [2.05, 4.69) is 26.3 Å². The molecule has 0 radical (unpaired) electrons. The van der Waals surface area contributed by atoms with Crippen molar-refractivity contribution in [3.8, 4) is 0 Å². The van der Waals surface area contributed by atoms with Gasteiger partial charge in [0.05, 0.1) is 10.2 Å². The Kier molecular flexibility index (Phi) is 6.34. The molecule has 0 bridgehead atoms. The molecule has 1 fully saturated rings. The Bertz CT molecular complexity index is 918. The van der Waals surface area contributed by atoms with E-state index in [9.17, 15) is 4.79 Å². The normalized spacial score (nSPS) is 13.4. The number of amides is 1. The molecule has 0 unspecified atom stereocenters. The van der Waals surface area contributed by atoms with Crippen molar-refractivity contribution in [2.45, 2.75) is 40.2 Å². The molecular formula is C20H25N5OS. The highest BCUT2D eigenvalue weighted by Gasteiger charge is 2.24. The van der Waals surface area contributed by atoms with E-state index in [1.807, 2.05) is 49.5 Å². The summed E-state index contributed by atoms with van der Waals surface area (Å²) in [7, 11) is 0. The molecule has 142 valence electrons. The molecule has 0 atom stereocenters. The van der Waals surface area contributed by atoms with Gasteiger partial charge in [0.25, 0.3) is 5.91 Å². The van der Waals surface area contributed by atoms with Crippen molar-refractivity contribution in [2.75, 3.05) is 18.4 Å². The van der Waals surface area contributed by atoms with E-state index in [1.165, 1.54) is 11.3 Å². The quantitative estimate of drug-likeness (QED) is 0.728. The zero-order valence-electron chi connectivity index (χ0n) is 16.0. The molecule has 4 rings (SSSR count). The summed E-state index contributed by atoms with van der Waals surface area (Å²) >= 11 is 1.52. The van der Waals surface area contributed by atoms with Crippen LogP contribution in [-0.4, -0.2) is 38.8 Å². The Balaban J connectivity index is 0.00000102. The first-order chi connectivity index (χ1) is 13.2. The third kappa shape index (κ3) is 4.42. The monoisotopic (exact) mass is 383 g/mol. The maximum absolute atomic E-state index is 12.8. The summed E-state index contributed by atoms with van der Waals surface area (Å²) in [6, 6.07) is 4.00. The molecule has 7 heteroatoms. The third-order valence-electron chi connectivity index (χ3n) is 4.28. The zero-order valence-corrected chi connectivity index (χ0v) is 16.8. The fraction of sp³-hybridized carbons (Fsp3) is 0.400. The van der Waals surface area contributed by atoms with E-state index < -0.39 is 0 Å². The molecular weight excluding hydrogens is 358 g/mol. The van der Waals surface area contributed by atoms with Crippen molar-refractivity contribution in [3.63, 3.8) is 0 Å². The van der Waals surface area contributed by atoms with Gasteiger partial charge in [-0.1, -0.05) is 19.9 Å². The highest BCUT2D eigenvalue weighted by atomic mass is 32.1. The Morgan fingerprint density at radius 2 is 2.00 bits per heavy atom. The Morgan fingerprint density at radius 3 is 2.74 bits per heavy atom. The van der Waals surface area contributed by atoms with Gasteiger partial charge in [-0.2, -0.15) is 0 Å². The van der Waals surface area contributed by atoms with Crippen molar-refractivity contribution in [1.29, 1.82) is 0 Å². The summed E-state index contributed by atoms with van der Waals surface area (Å²) in [5.74, 6) is 0.488. The summed E-state index contributed by atoms with van der Waals surface area (Å²) < 4.78 is 0.861. The van der Waals surface area contributed by atoms with Crippen molar-refractivity contribution >= 4 is 33.4 Å². The fourth-order valence-corrected chi connectivity index (χ4v) is 3.86. The summed E-state index contributed by atoms with van der Waals surface area (Å²) in [6.07, 6.45) is 5.77. The van der Waals surface area contributed by atoms with E-state index >= 15 is 0 Å². The van der Waals surface area contributed by atoms with Gasteiger partial charge in [-0.25, -0.2) is 9.97 Å². The number of hydrogen-bond donors (Lipinski definition) is 1. The molecule has 1 aliphatic rings. The van der Waals surface area contributed by atoms with Crippen LogP contribution in [-0.2, 0) is 6.54 Å². The summed E-state index contributed by atoms with van der Waals surface area (Å²) in [5, 5.41) is 5.18. The SMILES string of the molecule is CC.Cc1cncc(CNc2nc(C(=O)N3CCCC3)c3sccc3n2)c1. The first-order valence-corrected chi connectivity index (χ1v) is 10.3. The number of nitrogens with one attached hydrogen (secondary N) is 1. The Hall–Kier alpha value is -2.54. The number of thiophene rings is 1. The number of hydrogen-bond acceptors (Lipinski definition) is 6. The molecule has 1 N–H and O–H groups in total. The van der Waals surface area contributed by atoms with Gasteiger partial charge in [0, 0.05) is 32.0 Å². The van der Waals surface area contributed by atoms with E-state index in [4.69, 9.17) is 0 Å². The number of rotatable bonds is 4. The Morgan fingerprint density at radius 1 is 1.22 bits per heavy atom. The second kappa shape index (κ2) is 8.90. The second-order valence-corrected chi connectivity index (χ2v) is 7.17. The standard InChI is InChI=1S/C18H19N5OS.C2H6/c1-12-8-13(10-19-9-12)11-20-18-21-14-4-7-25-16(14)15(22-18)17(24)23-5-2-3-6-23;1-2/h4,7-10H,2-3,5-6,11H2,1H3,(H,20,21,22);1-2H3. The van der Waals surface area contributed by atoms with Crippen LogP contribution in [0.1, 0.15) is 48.3 Å². The molecule has 3 aromatic rings. The molecule has 27 heavy (non-hydrogen) atoms. The van der Waals surface area contributed by atoms with Crippen LogP contribution in [0.4, 0.5) is 5.95 Å². The maximum Gasteiger partial charge on any atom is 0.274 e. The Labute approximate surface area is 163 Å². The molecule has 0 aliphatic carbocycles. The van der Waals surface area contributed by atoms with Crippen LogP contribution in [0.25, 0.3) is 10.2 Å². The van der Waals surface area contributed by atoms with Gasteiger partial charge < -0.3 is 10.2 Å². The molecule has 1 aliphatic heterocycles. The van der Waals surface area contributed by atoms with Crippen LogP contribution in [0.15, 0.2) is 29.9 Å². The van der Waals surface area contributed by atoms with Crippen molar-refractivity contribution < 1.29 is 4.79 Å². The second-order valence-electron chi connectivity index (χ2n) is 6.25. The number of carbonyl (C=O) groups excluding carboxylic acids is 1. The fourth-order valence-electron chi connectivity index (χ4n) is 3.05. The molecule has 1 amide bonds. The lowest BCUT2D eigenvalue weighted by Crippen LogP contribution is -2.28. The first-order valence-electron chi connectivity index (χ1n) is 9.39. The largest absolute Gasteiger partial charge is 0.350 e. The maximum atomic E-state index is 12.8. The van der Waals surface area contributed by atoms with Gasteiger partial charge >= 0.3 is 0 Å². The molecule has 3 aromatic heterocycles. The summed E-state index contributed by atoms with van der Waals surface area (Å²) in [5.41, 5.74) is 3.49. The van der Waals surface area contributed by atoms with Gasteiger partial charge in [-0.3, -0.25) is 9.78 Å². The van der Waals surface area contributed by atoms with E-state index in [0.29, 0.717) is 18.2 Å². The topological polar surface area (TPSA) is 71.0 Å². The average Bonchev–Trinajstić information content (AvgIpc) is 3.38. The van der Waals surface area contributed by atoms with Gasteiger partial charge in [0.1, 0.15) is 0 Å². The third-order valence-corrected chi connectivity index (χ3v) is 5.19. The lowest BCUT2D eigenvalue weighted by Gasteiger charge is -2.15. The minimum absolute atomic E-state index is 0.00706. The lowest BCUT2D eigenvalue weighted by atomic mass is 10.2. The molecule has 0 spiro atoms. The minimum Gasteiger partial charge on any atom is -0.350 e. The van der Waals surface area contributed by atoms with Crippen molar-refractivity contribution in [2.24, 2.45) is 0 Å². The number of aromatic nitrogens is 3. The van der Waals surface area contributed by atoms with Gasteiger partial charge in [-0.05, 0) is 42.3 Å². The number of fused-ring (bicyclic) bond motifs is 1. The van der Waals surface area contributed by atoms with Gasteiger partial charge in [0.15, 0.2) is 5.69 Å². The van der Waals surface area contributed by atoms with Crippen LogP contribution in [0.3, 0.4) is 0 Å². The molecule has 6 nitrogen and oxygen atoms in total. The summed E-state index contributed by atoms with van der Waals surface area (Å²) in [4.78, 5) is 28.0. The number of anilines is 1. The van der Waals surface area contributed by atoms with Crippen LogP contribution in [0.2, 0.25) is 0 Å². The molecule has 1 saturated heterocycles. The van der Waals surface area contributed by atoms with E-state index in [-0.39, 0.29) is 5.91 Å². The zero-order chi connectivity index (χ0) is 19.2. The number of aryl methyl sites for hydroxylation is 1. The van der Waals surface area contributed by atoms with Crippen molar-refractivity contribution in [1.82, 2.24) is 19.9 Å². The summed E-state index contributed by atoms with van der Waals surface area (Å²) in [6.45, 7) is 8.21. The van der Waals surface area contributed by atoms with E-state index in [1.54, 1.807) is 0 Å².